The Bertz CT molecular complexity index is 997. The highest BCUT2D eigenvalue weighted by Gasteiger charge is 2.34. The van der Waals surface area contributed by atoms with Crippen molar-refractivity contribution in [2.24, 2.45) is 0 Å². The molecule has 0 spiro atoms. The van der Waals surface area contributed by atoms with E-state index in [1.165, 1.54) is 6.26 Å². The minimum Gasteiger partial charge on any atom is -0.477 e. The van der Waals surface area contributed by atoms with Crippen LogP contribution in [-0.2, 0) is 11.3 Å². The van der Waals surface area contributed by atoms with Gasteiger partial charge in [-0.3, -0.25) is 9.59 Å². The number of rotatable bonds is 4. The Morgan fingerprint density at radius 3 is 2.57 bits per heavy atom. The normalized spacial score (nSPS) is 15.5. The fourth-order valence-corrected chi connectivity index (χ4v) is 3.21. The zero-order valence-corrected chi connectivity index (χ0v) is 15.4. The van der Waals surface area contributed by atoms with Crippen molar-refractivity contribution in [2.45, 2.75) is 19.6 Å². The molecule has 0 saturated carbocycles. The first-order valence-corrected chi connectivity index (χ1v) is 9.07. The largest absolute Gasteiger partial charge is 0.477 e. The maximum atomic E-state index is 13.1. The molecule has 2 amide bonds. The van der Waals surface area contributed by atoms with E-state index in [1.54, 1.807) is 30.0 Å². The lowest BCUT2D eigenvalue weighted by Crippen LogP contribution is -2.50. The number of hydrogen-bond donors (Lipinski definition) is 1. The van der Waals surface area contributed by atoms with E-state index in [9.17, 15) is 9.59 Å². The average molecular weight is 376 g/mol. The van der Waals surface area contributed by atoms with Crippen molar-refractivity contribution in [1.29, 1.82) is 0 Å². The molecule has 2 heterocycles. The lowest BCUT2D eigenvalue weighted by molar-refractivity contribution is -0.127. The fourth-order valence-electron chi connectivity index (χ4n) is 3.21. The van der Waals surface area contributed by atoms with Gasteiger partial charge in [0.15, 0.2) is 6.10 Å². The summed E-state index contributed by atoms with van der Waals surface area (Å²) in [6.45, 7) is 2.26. The molecule has 0 aliphatic carbocycles. The monoisotopic (exact) mass is 376 g/mol. The van der Waals surface area contributed by atoms with Crippen LogP contribution in [0.5, 0.6) is 5.75 Å². The van der Waals surface area contributed by atoms with E-state index in [4.69, 9.17) is 9.15 Å². The van der Waals surface area contributed by atoms with Crippen molar-refractivity contribution in [2.75, 3.05) is 11.4 Å². The van der Waals surface area contributed by atoms with Gasteiger partial charge in [0.2, 0.25) is 0 Å². The van der Waals surface area contributed by atoms with E-state index in [2.05, 4.69) is 5.32 Å². The molecule has 6 nitrogen and oxygen atoms in total. The van der Waals surface area contributed by atoms with Crippen molar-refractivity contribution >= 4 is 17.5 Å². The topological polar surface area (TPSA) is 71.8 Å². The third-order valence-corrected chi connectivity index (χ3v) is 4.71. The van der Waals surface area contributed by atoms with Crippen LogP contribution in [0.4, 0.5) is 5.69 Å². The molecular weight excluding hydrogens is 356 g/mol. The summed E-state index contributed by atoms with van der Waals surface area (Å²) in [5.74, 6) is 0.560. The van der Waals surface area contributed by atoms with Gasteiger partial charge < -0.3 is 19.4 Å². The Morgan fingerprint density at radius 1 is 1.07 bits per heavy atom. The first-order chi connectivity index (χ1) is 13.6. The molecule has 28 heavy (non-hydrogen) atoms. The lowest BCUT2D eigenvalue weighted by Gasteiger charge is -2.34. The number of anilines is 1. The average Bonchev–Trinajstić information content (AvgIpc) is 3.17. The maximum Gasteiger partial charge on any atom is 0.263 e. The number of ether oxygens (including phenoxy) is 1. The standard InChI is InChI=1S/C22H20N2O4/c1-15-17(11-12-27-15)22(26)24-14-20(28-19-10-6-5-9-18(19)24)21(25)23-13-16-7-3-2-4-8-16/h2-12,20H,13-14H2,1H3,(H,23,25)/t20-/m0/s1. The molecule has 1 aliphatic heterocycles. The van der Waals surface area contributed by atoms with E-state index < -0.39 is 6.10 Å². The van der Waals surface area contributed by atoms with Crippen molar-refractivity contribution < 1.29 is 18.7 Å². The van der Waals surface area contributed by atoms with Gasteiger partial charge in [-0.2, -0.15) is 0 Å². The quantitative estimate of drug-likeness (QED) is 0.758. The second kappa shape index (κ2) is 7.60. The highest BCUT2D eigenvalue weighted by Crippen LogP contribution is 2.34. The summed E-state index contributed by atoms with van der Waals surface area (Å²) in [5.41, 5.74) is 2.11. The van der Waals surface area contributed by atoms with Crippen LogP contribution >= 0.6 is 0 Å². The van der Waals surface area contributed by atoms with Crippen LogP contribution in [0, 0.1) is 6.92 Å². The minimum atomic E-state index is -0.797. The van der Waals surface area contributed by atoms with E-state index in [0.29, 0.717) is 29.3 Å². The number of nitrogens with zero attached hydrogens (tertiary/aromatic N) is 1. The zero-order chi connectivity index (χ0) is 19.5. The molecule has 1 aromatic heterocycles. The van der Waals surface area contributed by atoms with Gasteiger partial charge in [0.1, 0.15) is 11.5 Å². The molecule has 1 atom stereocenters. The molecule has 0 radical (unpaired) electrons. The Morgan fingerprint density at radius 2 is 1.82 bits per heavy atom. The van der Waals surface area contributed by atoms with Crippen LogP contribution in [0.2, 0.25) is 0 Å². The van der Waals surface area contributed by atoms with Gasteiger partial charge in [-0.15, -0.1) is 0 Å². The first kappa shape index (κ1) is 17.9. The van der Waals surface area contributed by atoms with Gasteiger partial charge in [-0.25, -0.2) is 0 Å². The second-order valence-corrected chi connectivity index (χ2v) is 6.58. The van der Waals surface area contributed by atoms with Gasteiger partial charge in [-0.05, 0) is 30.7 Å². The number of amides is 2. The fraction of sp³-hybridized carbons (Fsp3) is 0.182. The van der Waals surface area contributed by atoms with Crippen LogP contribution in [0.1, 0.15) is 21.7 Å². The van der Waals surface area contributed by atoms with Crippen molar-refractivity contribution in [1.82, 2.24) is 5.32 Å². The summed E-state index contributed by atoms with van der Waals surface area (Å²) >= 11 is 0. The molecule has 0 fully saturated rings. The highest BCUT2D eigenvalue weighted by atomic mass is 16.5. The number of benzene rings is 2. The van der Waals surface area contributed by atoms with Crippen molar-refractivity contribution in [3.8, 4) is 5.75 Å². The van der Waals surface area contributed by atoms with Gasteiger partial charge in [-0.1, -0.05) is 42.5 Å². The van der Waals surface area contributed by atoms with E-state index in [-0.39, 0.29) is 18.4 Å². The molecule has 1 N–H and O–H groups in total. The van der Waals surface area contributed by atoms with Crippen LogP contribution in [0.25, 0.3) is 0 Å². The number of carbonyl (C=O) groups is 2. The predicted octanol–water partition coefficient (Wildman–Crippen LogP) is 3.31. The summed E-state index contributed by atoms with van der Waals surface area (Å²) in [5, 5.41) is 2.88. The van der Waals surface area contributed by atoms with Gasteiger partial charge in [0.25, 0.3) is 11.8 Å². The molecule has 6 heteroatoms. The van der Waals surface area contributed by atoms with Gasteiger partial charge in [0.05, 0.1) is 24.1 Å². The number of carbonyl (C=O) groups excluding carboxylic acids is 2. The number of furan rings is 1. The smallest absolute Gasteiger partial charge is 0.263 e. The lowest BCUT2D eigenvalue weighted by atomic mass is 10.1. The molecule has 142 valence electrons. The third-order valence-electron chi connectivity index (χ3n) is 4.71. The number of hydrogen-bond acceptors (Lipinski definition) is 4. The minimum absolute atomic E-state index is 0.126. The SMILES string of the molecule is Cc1occc1C(=O)N1C[C@@H](C(=O)NCc2ccccc2)Oc2ccccc21. The molecule has 0 unspecified atom stereocenters. The van der Waals surface area contributed by atoms with Crippen LogP contribution in [-0.4, -0.2) is 24.5 Å². The molecule has 2 aromatic carbocycles. The Balaban J connectivity index is 1.55. The summed E-state index contributed by atoms with van der Waals surface area (Å²) in [6.07, 6.45) is 0.689. The highest BCUT2D eigenvalue weighted by molar-refractivity contribution is 6.08. The number of nitrogens with one attached hydrogen (secondary N) is 1. The zero-order valence-electron chi connectivity index (χ0n) is 15.4. The van der Waals surface area contributed by atoms with Crippen LogP contribution in [0.3, 0.4) is 0 Å². The van der Waals surface area contributed by atoms with E-state index in [1.807, 2.05) is 42.5 Å². The molecule has 4 rings (SSSR count). The first-order valence-electron chi connectivity index (χ1n) is 9.07. The van der Waals surface area contributed by atoms with Crippen molar-refractivity contribution in [3.05, 3.63) is 83.8 Å². The maximum absolute atomic E-state index is 13.1. The summed E-state index contributed by atoms with van der Waals surface area (Å²) in [7, 11) is 0. The summed E-state index contributed by atoms with van der Waals surface area (Å²) in [4.78, 5) is 27.4. The molecule has 0 bridgehead atoms. The molecule has 3 aromatic rings. The van der Waals surface area contributed by atoms with Crippen molar-refractivity contribution in [3.63, 3.8) is 0 Å². The van der Waals surface area contributed by atoms with Gasteiger partial charge >= 0.3 is 0 Å². The Labute approximate surface area is 162 Å². The Hall–Kier alpha value is -3.54. The predicted molar refractivity (Wildman–Crippen MR) is 104 cm³/mol. The molecular formula is C22H20N2O4. The van der Waals surface area contributed by atoms with Crippen LogP contribution in [0.15, 0.2) is 71.3 Å². The second-order valence-electron chi connectivity index (χ2n) is 6.58. The van der Waals surface area contributed by atoms with E-state index >= 15 is 0 Å². The van der Waals surface area contributed by atoms with E-state index in [0.717, 1.165) is 5.56 Å². The number of aryl methyl sites for hydroxylation is 1. The summed E-state index contributed by atoms with van der Waals surface area (Å²) in [6, 6.07) is 18.5. The summed E-state index contributed by atoms with van der Waals surface area (Å²) < 4.78 is 11.1. The molecule has 0 saturated heterocycles. The van der Waals surface area contributed by atoms with Crippen LogP contribution < -0.4 is 15.0 Å². The third kappa shape index (κ3) is 3.49. The Kier molecular flexibility index (Phi) is 4.85. The molecule has 1 aliphatic rings. The van der Waals surface area contributed by atoms with Gasteiger partial charge in [0, 0.05) is 6.54 Å². The number of fused-ring (bicyclic) bond motifs is 1. The number of para-hydroxylation sites is 2.